The van der Waals surface area contributed by atoms with Crippen LogP contribution in [0.25, 0.3) is 0 Å². The maximum atomic E-state index is 12.1. The Morgan fingerprint density at radius 1 is 1.00 bits per heavy atom. The van der Waals surface area contributed by atoms with Gasteiger partial charge in [0.1, 0.15) is 12.3 Å². The predicted molar refractivity (Wildman–Crippen MR) is 105 cm³/mol. The molecule has 1 fully saturated rings. The van der Waals surface area contributed by atoms with Gasteiger partial charge in [0.15, 0.2) is 6.61 Å². The fraction of sp³-hybridized carbons (Fsp3) is 0.409. The largest absolute Gasteiger partial charge is 0.484 e. The fourth-order valence-electron chi connectivity index (χ4n) is 3.37. The van der Waals surface area contributed by atoms with Crippen LogP contribution in [0, 0.1) is 13.8 Å². The van der Waals surface area contributed by atoms with Gasteiger partial charge in [0.2, 0.25) is 0 Å². The number of carbonyl (C=O) groups excluding carboxylic acids is 1. The molecular formula is C22H29N2O2+. The van der Waals surface area contributed by atoms with Crippen molar-refractivity contribution in [1.82, 2.24) is 0 Å². The van der Waals surface area contributed by atoms with Gasteiger partial charge in [-0.05, 0) is 68.5 Å². The zero-order valence-corrected chi connectivity index (χ0v) is 15.8. The van der Waals surface area contributed by atoms with E-state index in [1.54, 1.807) is 4.90 Å². The average molecular weight is 353 g/mol. The van der Waals surface area contributed by atoms with Gasteiger partial charge in [-0.1, -0.05) is 18.2 Å². The van der Waals surface area contributed by atoms with E-state index in [4.69, 9.17) is 4.74 Å². The Kier molecular flexibility index (Phi) is 6.29. The number of amides is 1. The second-order valence-corrected chi connectivity index (χ2v) is 7.27. The molecule has 0 radical (unpaired) electrons. The highest BCUT2D eigenvalue weighted by Crippen LogP contribution is 2.16. The topological polar surface area (TPSA) is 42.8 Å². The molecule has 0 saturated carbocycles. The predicted octanol–water partition coefficient (Wildman–Crippen LogP) is 2.89. The lowest BCUT2D eigenvalue weighted by atomic mass is 10.1. The minimum absolute atomic E-state index is 0.0160. The van der Waals surface area contributed by atoms with Gasteiger partial charge in [0.05, 0.1) is 13.1 Å². The Morgan fingerprint density at radius 2 is 1.73 bits per heavy atom. The molecule has 1 saturated heterocycles. The number of likely N-dealkylation sites (tertiary alicyclic amines) is 1. The Bertz CT molecular complexity index is 734. The maximum absolute atomic E-state index is 12.1. The van der Waals surface area contributed by atoms with Crippen molar-refractivity contribution in [3.63, 3.8) is 0 Å². The van der Waals surface area contributed by atoms with Crippen molar-refractivity contribution in [1.29, 1.82) is 0 Å². The third-order valence-electron chi connectivity index (χ3n) is 5.10. The highest BCUT2D eigenvalue weighted by atomic mass is 16.5. The Hall–Kier alpha value is -2.33. The van der Waals surface area contributed by atoms with Gasteiger partial charge < -0.3 is 15.0 Å². The van der Waals surface area contributed by atoms with E-state index in [1.165, 1.54) is 43.5 Å². The second kappa shape index (κ2) is 8.86. The number of aryl methyl sites for hydroxylation is 2. The van der Waals surface area contributed by atoms with E-state index in [9.17, 15) is 4.79 Å². The monoisotopic (exact) mass is 353 g/mol. The van der Waals surface area contributed by atoms with Crippen molar-refractivity contribution < 1.29 is 14.4 Å². The van der Waals surface area contributed by atoms with Crippen LogP contribution in [-0.2, 0) is 11.3 Å². The molecule has 1 amide bonds. The van der Waals surface area contributed by atoms with E-state index in [-0.39, 0.29) is 12.5 Å². The van der Waals surface area contributed by atoms with Crippen LogP contribution in [0.1, 0.15) is 36.0 Å². The first-order valence-corrected chi connectivity index (χ1v) is 9.52. The molecule has 0 bridgehead atoms. The summed E-state index contributed by atoms with van der Waals surface area (Å²) in [5, 5.41) is 2.90. The number of rotatable bonds is 6. The van der Waals surface area contributed by atoms with Gasteiger partial charge in [0, 0.05) is 11.3 Å². The van der Waals surface area contributed by atoms with Crippen LogP contribution in [0.3, 0.4) is 0 Å². The molecule has 1 heterocycles. The lowest BCUT2D eigenvalue weighted by Gasteiger charge is -2.23. The third kappa shape index (κ3) is 5.33. The normalized spacial score (nSPS) is 14.8. The van der Waals surface area contributed by atoms with Gasteiger partial charge in [-0.2, -0.15) is 0 Å². The smallest absolute Gasteiger partial charge is 0.262 e. The summed E-state index contributed by atoms with van der Waals surface area (Å²) in [5.41, 5.74) is 4.52. The number of benzene rings is 2. The number of hydrogen-bond acceptors (Lipinski definition) is 2. The number of anilines is 1. The van der Waals surface area contributed by atoms with E-state index in [0.29, 0.717) is 0 Å². The number of ether oxygens (including phenoxy) is 1. The van der Waals surface area contributed by atoms with Gasteiger partial charge >= 0.3 is 0 Å². The van der Waals surface area contributed by atoms with Crippen molar-refractivity contribution >= 4 is 11.6 Å². The highest BCUT2D eigenvalue weighted by molar-refractivity contribution is 5.91. The third-order valence-corrected chi connectivity index (χ3v) is 5.10. The van der Waals surface area contributed by atoms with Crippen molar-refractivity contribution in [2.75, 3.05) is 25.0 Å². The number of nitrogens with one attached hydrogen (secondary N) is 2. The Labute approximate surface area is 156 Å². The zero-order valence-electron chi connectivity index (χ0n) is 15.8. The quantitative estimate of drug-likeness (QED) is 0.839. The van der Waals surface area contributed by atoms with Crippen LogP contribution >= 0.6 is 0 Å². The Morgan fingerprint density at radius 3 is 2.42 bits per heavy atom. The second-order valence-electron chi connectivity index (χ2n) is 7.27. The molecule has 4 nitrogen and oxygen atoms in total. The SMILES string of the molecule is Cc1ccc(OCC(=O)Nc2ccc(C[NH+]3CCCCC3)cc2)cc1C. The molecule has 0 aliphatic carbocycles. The standard InChI is InChI=1S/C22H28N2O2/c1-17-6-11-21(14-18(17)2)26-16-22(25)23-20-9-7-19(8-10-20)15-24-12-4-3-5-13-24/h6-11,14H,3-5,12-13,15-16H2,1-2H3,(H,23,25)/p+1. The van der Waals surface area contributed by atoms with Crippen LogP contribution in [0.5, 0.6) is 5.75 Å². The van der Waals surface area contributed by atoms with Crippen molar-refractivity contribution in [3.05, 3.63) is 59.2 Å². The summed E-state index contributed by atoms with van der Waals surface area (Å²) in [7, 11) is 0. The summed E-state index contributed by atoms with van der Waals surface area (Å²) >= 11 is 0. The van der Waals surface area contributed by atoms with Gasteiger partial charge in [-0.25, -0.2) is 0 Å². The van der Waals surface area contributed by atoms with Crippen LogP contribution < -0.4 is 15.0 Å². The number of piperidine rings is 1. The summed E-state index contributed by atoms with van der Waals surface area (Å²) in [5.74, 6) is 0.584. The minimum atomic E-state index is -0.141. The van der Waals surface area contributed by atoms with E-state index in [1.807, 2.05) is 37.3 Å². The molecular weight excluding hydrogens is 324 g/mol. The molecule has 0 spiro atoms. The highest BCUT2D eigenvalue weighted by Gasteiger charge is 2.13. The molecule has 0 atom stereocenters. The average Bonchev–Trinajstić information content (AvgIpc) is 2.65. The van der Waals surface area contributed by atoms with Crippen LogP contribution in [0.15, 0.2) is 42.5 Å². The molecule has 2 N–H and O–H groups in total. The lowest BCUT2D eigenvalue weighted by Crippen LogP contribution is -3.11. The lowest BCUT2D eigenvalue weighted by molar-refractivity contribution is -0.918. The van der Waals surface area contributed by atoms with E-state index >= 15 is 0 Å². The zero-order chi connectivity index (χ0) is 18.4. The molecule has 1 aliphatic heterocycles. The van der Waals surface area contributed by atoms with Crippen LogP contribution in [-0.4, -0.2) is 25.6 Å². The van der Waals surface area contributed by atoms with E-state index in [2.05, 4.69) is 24.4 Å². The fourth-order valence-corrected chi connectivity index (χ4v) is 3.37. The van der Waals surface area contributed by atoms with Crippen LogP contribution in [0.4, 0.5) is 5.69 Å². The minimum Gasteiger partial charge on any atom is -0.484 e. The molecule has 1 aliphatic rings. The van der Waals surface area contributed by atoms with Gasteiger partial charge in [0.25, 0.3) is 5.91 Å². The first kappa shape index (κ1) is 18.5. The first-order chi connectivity index (χ1) is 12.6. The molecule has 2 aromatic carbocycles. The van der Waals surface area contributed by atoms with E-state index < -0.39 is 0 Å². The van der Waals surface area contributed by atoms with Crippen molar-refractivity contribution in [2.45, 2.75) is 39.7 Å². The molecule has 4 heteroatoms. The maximum Gasteiger partial charge on any atom is 0.262 e. The summed E-state index contributed by atoms with van der Waals surface area (Å²) < 4.78 is 5.58. The van der Waals surface area contributed by atoms with Crippen LogP contribution in [0.2, 0.25) is 0 Å². The number of quaternary nitrogens is 1. The van der Waals surface area contributed by atoms with Gasteiger partial charge in [-0.3, -0.25) is 4.79 Å². The van der Waals surface area contributed by atoms with E-state index in [0.717, 1.165) is 23.5 Å². The summed E-state index contributed by atoms with van der Waals surface area (Å²) in [4.78, 5) is 13.8. The molecule has 0 aromatic heterocycles. The number of hydrogen-bond donors (Lipinski definition) is 2. The van der Waals surface area contributed by atoms with Gasteiger partial charge in [-0.15, -0.1) is 0 Å². The van der Waals surface area contributed by atoms with Crippen molar-refractivity contribution in [2.24, 2.45) is 0 Å². The number of carbonyl (C=O) groups is 1. The molecule has 0 unspecified atom stereocenters. The first-order valence-electron chi connectivity index (χ1n) is 9.52. The summed E-state index contributed by atoms with van der Waals surface area (Å²) in [6, 6.07) is 14.0. The summed E-state index contributed by atoms with van der Waals surface area (Å²) in [6.45, 7) is 7.73. The van der Waals surface area contributed by atoms with Crippen molar-refractivity contribution in [3.8, 4) is 5.75 Å². The molecule has 138 valence electrons. The Balaban J connectivity index is 1.47. The molecule has 3 rings (SSSR count). The summed E-state index contributed by atoms with van der Waals surface area (Å²) in [6.07, 6.45) is 4.05. The molecule has 2 aromatic rings. The molecule has 26 heavy (non-hydrogen) atoms.